The predicted molar refractivity (Wildman–Crippen MR) is 49.5 cm³/mol. The Kier molecular flexibility index (Phi) is 3.72. The fourth-order valence-electron chi connectivity index (χ4n) is 0.999. The molecule has 1 aromatic heterocycles. The minimum absolute atomic E-state index is 0.422. The molecule has 0 aromatic carbocycles. The molecule has 76 valence electrons. The van der Waals surface area contributed by atoms with Crippen molar-refractivity contribution in [2.45, 2.75) is 6.42 Å². The highest BCUT2D eigenvalue weighted by atomic mass is 16.5. The summed E-state index contributed by atoms with van der Waals surface area (Å²) in [5.74, 6) is -1.57. The lowest BCUT2D eigenvalue weighted by Gasteiger charge is -2.01. The van der Waals surface area contributed by atoms with Crippen LogP contribution in [0.25, 0.3) is 0 Å². The smallest absolute Gasteiger partial charge is 0.396 e. The number of hydrogen-bond donors (Lipinski definition) is 2. The van der Waals surface area contributed by atoms with E-state index in [2.05, 4.69) is 15.0 Å². The molecule has 5 heteroatoms. The second kappa shape index (κ2) is 5.06. The summed E-state index contributed by atoms with van der Waals surface area (Å²) < 4.78 is 4.24. The van der Waals surface area contributed by atoms with Gasteiger partial charge in [-0.15, -0.1) is 0 Å². The van der Waals surface area contributed by atoms with E-state index < -0.39 is 11.9 Å². The van der Waals surface area contributed by atoms with Crippen LogP contribution in [0.5, 0.6) is 0 Å². The summed E-state index contributed by atoms with van der Waals surface area (Å²) in [6.45, 7) is 0.422. The van der Waals surface area contributed by atoms with Crippen molar-refractivity contribution in [3.05, 3.63) is 24.0 Å². The number of aromatic nitrogens is 1. The third kappa shape index (κ3) is 2.93. The number of rotatable bonds is 3. The highest BCUT2D eigenvalue weighted by Crippen LogP contribution is 1.95. The molecule has 0 aliphatic rings. The van der Waals surface area contributed by atoms with E-state index in [0.717, 1.165) is 5.56 Å². The Hall–Kier alpha value is -1.78. The van der Waals surface area contributed by atoms with Crippen molar-refractivity contribution in [1.82, 2.24) is 10.3 Å². The van der Waals surface area contributed by atoms with E-state index in [1.54, 1.807) is 6.20 Å². The van der Waals surface area contributed by atoms with E-state index in [1.165, 1.54) is 7.11 Å². The molecule has 0 radical (unpaired) electrons. The zero-order valence-electron chi connectivity index (χ0n) is 7.87. The molecule has 14 heavy (non-hydrogen) atoms. The minimum Gasteiger partial charge on any atom is -0.462 e. The quantitative estimate of drug-likeness (QED) is 0.521. The van der Waals surface area contributed by atoms with Gasteiger partial charge in [-0.25, -0.2) is 4.79 Å². The third-order valence-corrected chi connectivity index (χ3v) is 1.73. The van der Waals surface area contributed by atoms with Crippen molar-refractivity contribution in [3.63, 3.8) is 0 Å². The maximum Gasteiger partial charge on any atom is 0.396 e. The number of methoxy groups -OCH3 is 1. The first kappa shape index (κ1) is 10.3. The number of ether oxygens (including phenoxy) is 1. The zero-order valence-corrected chi connectivity index (χ0v) is 7.87. The molecule has 1 heterocycles. The van der Waals surface area contributed by atoms with Gasteiger partial charge in [-0.05, 0) is 18.1 Å². The van der Waals surface area contributed by atoms with Gasteiger partial charge in [-0.1, -0.05) is 0 Å². The van der Waals surface area contributed by atoms with E-state index in [9.17, 15) is 9.59 Å². The number of carbonyl (C=O) groups is 2. The highest BCUT2D eigenvalue weighted by molar-refractivity contribution is 6.32. The molecule has 0 saturated carbocycles. The van der Waals surface area contributed by atoms with Crippen molar-refractivity contribution in [3.8, 4) is 0 Å². The molecule has 0 bridgehead atoms. The Morgan fingerprint density at radius 3 is 2.93 bits per heavy atom. The highest BCUT2D eigenvalue weighted by Gasteiger charge is 2.11. The number of nitrogens with one attached hydrogen (secondary N) is 2. The summed E-state index contributed by atoms with van der Waals surface area (Å²) in [6.07, 6.45) is 4.33. The molecule has 2 N–H and O–H groups in total. The summed E-state index contributed by atoms with van der Waals surface area (Å²) in [5.41, 5.74) is 1.08. The molecular weight excluding hydrogens is 184 g/mol. The Bertz CT molecular complexity index is 306. The van der Waals surface area contributed by atoms with Crippen LogP contribution >= 0.6 is 0 Å². The maximum atomic E-state index is 10.9. The molecule has 1 amide bonds. The van der Waals surface area contributed by atoms with Crippen LogP contribution in [0, 0.1) is 0 Å². The number of carbonyl (C=O) groups excluding carboxylic acids is 2. The van der Waals surface area contributed by atoms with E-state index in [4.69, 9.17) is 0 Å². The van der Waals surface area contributed by atoms with Gasteiger partial charge in [0.25, 0.3) is 0 Å². The lowest BCUT2D eigenvalue weighted by Crippen LogP contribution is -2.33. The van der Waals surface area contributed by atoms with Gasteiger partial charge in [0.05, 0.1) is 7.11 Å². The van der Waals surface area contributed by atoms with Crippen LogP contribution in [-0.4, -0.2) is 30.5 Å². The number of esters is 1. The molecule has 1 aromatic rings. The van der Waals surface area contributed by atoms with Crippen LogP contribution < -0.4 is 5.32 Å². The molecule has 0 saturated heterocycles. The predicted octanol–water partition coefficient (Wildman–Crippen LogP) is -0.154. The summed E-state index contributed by atoms with van der Waals surface area (Å²) in [4.78, 5) is 24.5. The van der Waals surface area contributed by atoms with Gasteiger partial charge in [-0.2, -0.15) is 0 Å². The molecule has 0 spiro atoms. The van der Waals surface area contributed by atoms with Crippen LogP contribution in [0.4, 0.5) is 0 Å². The van der Waals surface area contributed by atoms with Gasteiger partial charge in [-0.3, -0.25) is 4.79 Å². The van der Waals surface area contributed by atoms with Crippen LogP contribution in [0.1, 0.15) is 5.56 Å². The van der Waals surface area contributed by atoms with Gasteiger partial charge in [0.15, 0.2) is 0 Å². The number of amides is 1. The Balaban J connectivity index is 2.22. The summed E-state index contributed by atoms with van der Waals surface area (Å²) >= 11 is 0. The van der Waals surface area contributed by atoms with E-state index >= 15 is 0 Å². The van der Waals surface area contributed by atoms with Gasteiger partial charge >= 0.3 is 11.9 Å². The summed E-state index contributed by atoms with van der Waals surface area (Å²) in [6, 6.07) is 1.91. The van der Waals surface area contributed by atoms with Crippen LogP contribution in [0.3, 0.4) is 0 Å². The molecule has 0 fully saturated rings. The first-order chi connectivity index (χ1) is 6.74. The second-order valence-electron chi connectivity index (χ2n) is 2.72. The van der Waals surface area contributed by atoms with Crippen molar-refractivity contribution in [1.29, 1.82) is 0 Å². The summed E-state index contributed by atoms with van der Waals surface area (Å²) in [7, 11) is 1.17. The van der Waals surface area contributed by atoms with Crippen LogP contribution in [-0.2, 0) is 20.7 Å². The number of H-pyrrole nitrogens is 1. The average molecular weight is 196 g/mol. The monoisotopic (exact) mass is 196 g/mol. The molecule has 0 aliphatic carbocycles. The lowest BCUT2D eigenvalue weighted by atomic mass is 10.2. The summed E-state index contributed by atoms with van der Waals surface area (Å²) in [5, 5.41) is 2.44. The Labute approximate surface area is 81.5 Å². The molecule has 0 atom stereocenters. The molecule has 5 nitrogen and oxygen atoms in total. The fourth-order valence-corrected chi connectivity index (χ4v) is 0.999. The van der Waals surface area contributed by atoms with Crippen molar-refractivity contribution < 1.29 is 14.3 Å². The average Bonchev–Trinajstić information content (AvgIpc) is 2.69. The van der Waals surface area contributed by atoms with Gasteiger partial charge in [0.2, 0.25) is 0 Å². The standard InChI is InChI=1S/C9H12N2O3/c1-14-9(13)8(12)11-5-3-7-2-4-10-6-7/h2,4,6,10H,3,5H2,1H3,(H,11,12). The van der Waals surface area contributed by atoms with Crippen LogP contribution in [0.2, 0.25) is 0 Å². The topological polar surface area (TPSA) is 71.2 Å². The van der Waals surface area contributed by atoms with Gasteiger partial charge in [0, 0.05) is 18.9 Å². The van der Waals surface area contributed by atoms with Crippen molar-refractivity contribution >= 4 is 11.9 Å². The van der Waals surface area contributed by atoms with Crippen molar-refractivity contribution in [2.24, 2.45) is 0 Å². The number of hydrogen-bond acceptors (Lipinski definition) is 3. The Morgan fingerprint density at radius 2 is 2.36 bits per heavy atom. The first-order valence-corrected chi connectivity index (χ1v) is 4.22. The lowest BCUT2D eigenvalue weighted by molar-refractivity contribution is -0.152. The first-order valence-electron chi connectivity index (χ1n) is 4.22. The fraction of sp³-hybridized carbons (Fsp3) is 0.333. The van der Waals surface area contributed by atoms with Crippen LogP contribution in [0.15, 0.2) is 18.5 Å². The second-order valence-corrected chi connectivity index (χ2v) is 2.72. The third-order valence-electron chi connectivity index (χ3n) is 1.73. The zero-order chi connectivity index (χ0) is 10.4. The number of aromatic amines is 1. The Morgan fingerprint density at radius 1 is 1.57 bits per heavy atom. The normalized spacial score (nSPS) is 9.50. The maximum absolute atomic E-state index is 10.9. The van der Waals surface area contributed by atoms with Crippen molar-refractivity contribution in [2.75, 3.05) is 13.7 Å². The SMILES string of the molecule is COC(=O)C(=O)NCCc1cc[nH]c1. The largest absolute Gasteiger partial charge is 0.462 e. The molecule has 0 unspecified atom stereocenters. The van der Waals surface area contributed by atoms with E-state index in [0.29, 0.717) is 13.0 Å². The molecular formula is C9H12N2O3. The molecule has 1 rings (SSSR count). The van der Waals surface area contributed by atoms with Gasteiger partial charge < -0.3 is 15.0 Å². The van der Waals surface area contributed by atoms with E-state index in [1.807, 2.05) is 12.3 Å². The minimum atomic E-state index is -0.862. The van der Waals surface area contributed by atoms with E-state index in [-0.39, 0.29) is 0 Å². The van der Waals surface area contributed by atoms with Gasteiger partial charge in [0.1, 0.15) is 0 Å². The molecule has 0 aliphatic heterocycles.